The molecule has 3 heteroatoms. The Morgan fingerprint density at radius 1 is 1.30 bits per heavy atom. The van der Waals surface area contributed by atoms with E-state index in [0.29, 0.717) is 0 Å². The molecule has 0 aliphatic rings. The van der Waals surface area contributed by atoms with Crippen LogP contribution in [0.25, 0.3) is 0 Å². The van der Waals surface area contributed by atoms with Crippen LogP contribution < -0.4 is 0 Å². The molecule has 0 saturated carbocycles. The maximum absolute atomic E-state index is 3.75. The Balaban J connectivity index is 0. The van der Waals surface area contributed by atoms with Crippen LogP contribution in [0.4, 0.5) is 0 Å². The van der Waals surface area contributed by atoms with Crippen molar-refractivity contribution in [2.45, 2.75) is 0 Å². The Morgan fingerprint density at radius 2 is 1.90 bits per heavy atom. The van der Waals surface area contributed by atoms with E-state index < -0.39 is 0 Å². The fourth-order valence-electron chi connectivity index (χ4n) is 0.537. The monoisotopic (exact) mass is 313 g/mol. The van der Waals surface area contributed by atoms with Crippen molar-refractivity contribution in [1.29, 1.82) is 0 Å². The third-order valence-electron chi connectivity index (χ3n) is 0.889. The van der Waals surface area contributed by atoms with Crippen molar-refractivity contribution in [3.63, 3.8) is 0 Å². The molecule has 1 rings (SSSR count). The van der Waals surface area contributed by atoms with Crippen LogP contribution in [0.15, 0.2) is 28.7 Å². The maximum Gasteiger partial charge on any atom is 0 e. The van der Waals surface area contributed by atoms with Gasteiger partial charge in [-0.1, -0.05) is 22.0 Å². The van der Waals surface area contributed by atoms with Gasteiger partial charge in [0.15, 0.2) is 0 Å². The van der Waals surface area contributed by atoms with Gasteiger partial charge in [-0.15, -0.1) is 29.1 Å². The molecule has 0 amide bonds. The minimum atomic E-state index is 0. The Kier molecular flexibility index (Phi) is 8.48. The zero-order valence-corrected chi connectivity index (χ0v) is 11.8. The van der Waals surface area contributed by atoms with Gasteiger partial charge in [0, 0.05) is 19.5 Å². The minimum Gasteiger partial charge on any atom is -0.199 e. The number of hydrogen-bond acceptors (Lipinski definition) is 0. The molecule has 0 aliphatic carbocycles. The molecular formula is C7H7Br2Zn-. The first-order chi connectivity index (χ1) is 3.79. The summed E-state index contributed by atoms with van der Waals surface area (Å²) in [6, 6.07) is 7.88. The van der Waals surface area contributed by atoms with Crippen LogP contribution in [0, 0.1) is 6.92 Å². The molecule has 0 spiro atoms. The molecule has 0 unspecified atom stereocenters. The summed E-state index contributed by atoms with van der Waals surface area (Å²) in [4.78, 5) is 0. The summed E-state index contributed by atoms with van der Waals surface area (Å²) in [5.41, 5.74) is 1.04. The molecule has 0 saturated heterocycles. The van der Waals surface area contributed by atoms with E-state index in [0.717, 1.165) is 10.0 Å². The van der Waals surface area contributed by atoms with Crippen LogP contribution in [0.5, 0.6) is 0 Å². The average molecular weight is 316 g/mol. The Hall–Kier alpha value is 0.673. The Labute approximate surface area is 93.1 Å². The van der Waals surface area contributed by atoms with Gasteiger partial charge in [0.05, 0.1) is 0 Å². The van der Waals surface area contributed by atoms with Gasteiger partial charge < -0.3 is 0 Å². The summed E-state index contributed by atoms with van der Waals surface area (Å²) in [6.07, 6.45) is 0. The van der Waals surface area contributed by atoms with Gasteiger partial charge in [0.2, 0.25) is 0 Å². The SMILES string of the molecule is Br.[CH2-]c1cccc(Br)c1.[Zn]. The van der Waals surface area contributed by atoms with E-state index in [1.54, 1.807) is 0 Å². The quantitative estimate of drug-likeness (QED) is 0.509. The topological polar surface area (TPSA) is 0 Å². The van der Waals surface area contributed by atoms with E-state index in [-0.39, 0.29) is 36.5 Å². The largest absolute Gasteiger partial charge is 0.199 e. The van der Waals surface area contributed by atoms with E-state index in [9.17, 15) is 0 Å². The van der Waals surface area contributed by atoms with Crippen LogP contribution in [-0.4, -0.2) is 0 Å². The van der Waals surface area contributed by atoms with Gasteiger partial charge >= 0.3 is 0 Å². The second-order valence-corrected chi connectivity index (χ2v) is 2.55. The van der Waals surface area contributed by atoms with Crippen molar-refractivity contribution in [3.8, 4) is 0 Å². The molecule has 0 heterocycles. The van der Waals surface area contributed by atoms with Crippen molar-refractivity contribution in [1.82, 2.24) is 0 Å². The molecule has 0 radical (unpaired) electrons. The molecule has 0 fully saturated rings. The van der Waals surface area contributed by atoms with E-state index in [2.05, 4.69) is 22.9 Å². The van der Waals surface area contributed by atoms with Crippen LogP contribution in [0.1, 0.15) is 5.56 Å². The first-order valence-electron chi connectivity index (χ1n) is 2.36. The van der Waals surface area contributed by atoms with Crippen LogP contribution in [-0.2, 0) is 19.5 Å². The predicted octanol–water partition coefficient (Wildman–Crippen LogP) is 3.21. The predicted molar refractivity (Wildman–Crippen MR) is 48.9 cm³/mol. The van der Waals surface area contributed by atoms with Crippen LogP contribution in [0.3, 0.4) is 0 Å². The Bertz CT molecular complexity index is 171. The fraction of sp³-hybridized carbons (Fsp3) is 0. The molecule has 0 bridgehead atoms. The number of halogens is 2. The van der Waals surface area contributed by atoms with Gasteiger partial charge in [-0.25, -0.2) is 0 Å². The molecule has 0 aromatic heterocycles. The van der Waals surface area contributed by atoms with Crippen molar-refractivity contribution >= 4 is 32.9 Å². The zero-order valence-electron chi connectivity index (χ0n) is 5.51. The third-order valence-corrected chi connectivity index (χ3v) is 1.38. The van der Waals surface area contributed by atoms with Gasteiger partial charge in [-0.3, -0.25) is 0 Å². The van der Waals surface area contributed by atoms with Crippen LogP contribution >= 0.6 is 32.9 Å². The summed E-state index contributed by atoms with van der Waals surface area (Å²) in [6.45, 7) is 3.75. The molecule has 0 aliphatic heterocycles. The second-order valence-electron chi connectivity index (χ2n) is 1.63. The van der Waals surface area contributed by atoms with Crippen molar-refractivity contribution in [3.05, 3.63) is 41.2 Å². The average Bonchev–Trinajstić information content (AvgIpc) is 1.64. The smallest absolute Gasteiger partial charge is 0 e. The minimum absolute atomic E-state index is 0. The summed E-state index contributed by atoms with van der Waals surface area (Å²) >= 11 is 3.32. The van der Waals surface area contributed by atoms with Gasteiger partial charge in [-0.2, -0.15) is 18.6 Å². The van der Waals surface area contributed by atoms with Gasteiger partial charge in [-0.05, 0) is 4.47 Å². The maximum atomic E-state index is 3.75. The first kappa shape index (κ1) is 13.3. The normalized spacial score (nSPS) is 7.30. The molecule has 1 aromatic rings. The van der Waals surface area contributed by atoms with E-state index >= 15 is 0 Å². The van der Waals surface area contributed by atoms with Crippen molar-refractivity contribution < 1.29 is 19.5 Å². The van der Waals surface area contributed by atoms with E-state index in [1.165, 1.54) is 0 Å². The summed E-state index contributed by atoms with van der Waals surface area (Å²) < 4.78 is 1.09. The van der Waals surface area contributed by atoms with E-state index in [1.807, 2.05) is 24.3 Å². The first-order valence-corrected chi connectivity index (χ1v) is 3.16. The second kappa shape index (κ2) is 6.39. The molecule has 52 valence electrons. The van der Waals surface area contributed by atoms with Gasteiger partial charge in [0.25, 0.3) is 0 Å². The standard InChI is InChI=1S/C7H6Br.BrH.Zn/c1-6-3-2-4-7(8)5-6;;/h2-5H,1H2;1H;/q-1;;. The molecular weight excluding hydrogens is 309 g/mol. The summed E-state index contributed by atoms with van der Waals surface area (Å²) in [7, 11) is 0. The van der Waals surface area contributed by atoms with Crippen molar-refractivity contribution in [2.75, 3.05) is 0 Å². The number of rotatable bonds is 0. The van der Waals surface area contributed by atoms with Gasteiger partial charge in [0.1, 0.15) is 0 Å². The molecule has 0 N–H and O–H groups in total. The summed E-state index contributed by atoms with van der Waals surface area (Å²) in [5.74, 6) is 0. The zero-order chi connectivity index (χ0) is 5.98. The fourth-order valence-corrected chi connectivity index (χ4v) is 0.984. The number of benzene rings is 1. The number of hydrogen-bond donors (Lipinski definition) is 0. The van der Waals surface area contributed by atoms with Crippen LogP contribution in [0.2, 0.25) is 0 Å². The Morgan fingerprint density at radius 3 is 2.20 bits per heavy atom. The van der Waals surface area contributed by atoms with E-state index in [4.69, 9.17) is 0 Å². The van der Waals surface area contributed by atoms with Crippen molar-refractivity contribution in [2.24, 2.45) is 0 Å². The molecule has 0 atom stereocenters. The molecule has 10 heavy (non-hydrogen) atoms. The molecule has 0 nitrogen and oxygen atoms in total. The molecule has 1 aromatic carbocycles. The summed E-state index contributed by atoms with van der Waals surface area (Å²) in [5, 5.41) is 0. The third kappa shape index (κ3) is 4.48.